The van der Waals surface area contributed by atoms with Crippen LogP contribution in [0.3, 0.4) is 0 Å². The number of benzene rings is 1. The smallest absolute Gasteiger partial charge is 0.759 e. The van der Waals surface area contributed by atoms with E-state index in [4.69, 9.17) is 17.5 Å². The summed E-state index contributed by atoms with van der Waals surface area (Å²) in [5, 5.41) is 0. The molecule has 158 valence electrons. The Morgan fingerprint density at radius 3 is 1.28 bits per heavy atom. The summed E-state index contributed by atoms with van der Waals surface area (Å²) < 4.78 is 34.1. The summed E-state index contributed by atoms with van der Waals surface area (Å²) in [7, 11) is -5.17. The van der Waals surface area contributed by atoms with Crippen LogP contribution in [-0.2, 0) is 16.8 Å². The first kappa shape index (κ1) is 34.7. The fourth-order valence-corrected chi connectivity index (χ4v) is 3.17. The zero-order valence-electron chi connectivity index (χ0n) is 19.0. The molecule has 4 nitrogen and oxygen atoms in total. The molecule has 1 rings (SSSR count). The van der Waals surface area contributed by atoms with Crippen LogP contribution in [0.1, 0.15) is 102 Å². The summed E-state index contributed by atoms with van der Waals surface area (Å²) in [4.78, 5) is 0. The van der Waals surface area contributed by atoms with Crippen LogP contribution in [0, 0.1) is 0 Å². The molecule has 29 heavy (non-hydrogen) atoms. The first-order chi connectivity index (χ1) is 12.9. The number of rotatable bonds is 15. The van der Waals surface area contributed by atoms with Gasteiger partial charge in [-0.1, -0.05) is 121 Å². The van der Waals surface area contributed by atoms with Crippen molar-refractivity contribution in [3.8, 4) is 0 Å². The van der Waals surface area contributed by atoms with Gasteiger partial charge in [-0.3, -0.25) is 8.42 Å². The van der Waals surface area contributed by atoms with E-state index in [9.17, 15) is 0 Å². The molecule has 0 amide bonds. The zero-order valence-corrected chi connectivity index (χ0v) is 23.9. The Bertz CT molecular complexity index is 517. The Labute approximate surface area is 224 Å². The molecule has 1 aromatic carbocycles. The van der Waals surface area contributed by atoms with Crippen LogP contribution in [0.4, 0.5) is 0 Å². The van der Waals surface area contributed by atoms with Crippen molar-refractivity contribution >= 4 is 10.4 Å². The minimum Gasteiger partial charge on any atom is -0.759 e. The van der Waals surface area contributed by atoms with Crippen molar-refractivity contribution in [2.75, 3.05) is 0 Å². The summed E-state index contributed by atoms with van der Waals surface area (Å²) in [6.07, 6.45) is 21.5. The Kier molecular flexibility index (Phi) is 30.3. The van der Waals surface area contributed by atoms with Gasteiger partial charge in [0.2, 0.25) is 0 Å². The normalized spacial score (nSPS) is 10.3. The van der Waals surface area contributed by atoms with Crippen molar-refractivity contribution in [2.24, 2.45) is 0 Å². The molecule has 0 aliphatic rings. The average molecular weight is 445 g/mol. The second-order valence-corrected chi connectivity index (χ2v) is 8.06. The van der Waals surface area contributed by atoms with Gasteiger partial charge in [0.15, 0.2) is 0 Å². The van der Waals surface area contributed by atoms with Gasteiger partial charge in [0.05, 0.1) is 0 Å². The van der Waals surface area contributed by atoms with Crippen LogP contribution < -0.4 is 59.1 Å². The van der Waals surface area contributed by atoms with E-state index in [0.29, 0.717) is 0 Å². The van der Waals surface area contributed by atoms with Crippen molar-refractivity contribution < 1.29 is 76.6 Å². The van der Waals surface area contributed by atoms with Crippen LogP contribution in [0.25, 0.3) is 0 Å². The monoisotopic (exact) mass is 444 g/mol. The quantitative estimate of drug-likeness (QED) is 0.170. The topological polar surface area (TPSA) is 80.3 Å². The first-order valence-electron chi connectivity index (χ1n) is 10.6. The van der Waals surface area contributed by atoms with Crippen molar-refractivity contribution in [3.05, 3.63) is 35.9 Å². The molecule has 7 heteroatoms. The SMILES string of the molecule is CCCCCCCCCCCCCCCCc1ccccc1.O=S(=O)([O-])[O-].[Na+].[Na+]. The molecule has 0 saturated heterocycles. The van der Waals surface area contributed by atoms with Crippen LogP contribution in [0.2, 0.25) is 0 Å². The second kappa shape index (κ2) is 25.4. The third-order valence-electron chi connectivity index (χ3n) is 4.66. The number of hydrogen-bond acceptors (Lipinski definition) is 4. The fourth-order valence-electron chi connectivity index (χ4n) is 3.17. The molecule has 0 bridgehead atoms. The molecule has 0 aromatic heterocycles. The van der Waals surface area contributed by atoms with Gasteiger partial charge in [-0.05, 0) is 18.4 Å². The summed E-state index contributed by atoms with van der Waals surface area (Å²) >= 11 is 0. The van der Waals surface area contributed by atoms with E-state index in [1.165, 1.54) is 102 Å². The molecule has 0 unspecified atom stereocenters. The first-order valence-corrected chi connectivity index (χ1v) is 12.0. The minimum absolute atomic E-state index is 0. The van der Waals surface area contributed by atoms with Crippen molar-refractivity contribution in [1.82, 2.24) is 0 Å². The van der Waals surface area contributed by atoms with Crippen molar-refractivity contribution in [3.63, 3.8) is 0 Å². The number of aryl methyl sites for hydroxylation is 1. The maximum absolute atomic E-state index is 8.52. The van der Waals surface area contributed by atoms with Crippen molar-refractivity contribution in [2.45, 2.75) is 103 Å². The van der Waals surface area contributed by atoms with Gasteiger partial charge in [-0.25, -0.2) is 0 Å². The summed E-state index contributed by atoms with van der Waals surface area (Å²) in [5.41, 5.74) is 1.50. The molecule has 0 N–H and O–H groups in total. The minimum atomic E-state index is -5.17. The molecular weight excluding hydrogens is 406 g/mol. The molecule has 0 radical (unpaired) electrons. The molecule has 0 atom stereocenters. The molecule has 0 aliphatic heterocycles. The maximum Gasteiger partial charge on any atom is 1.00 e. The summed E-state index contributed by atoms with van der Waals surface area (Å²) in [6.45, 7) is 2.29. The third-order valence-corrected chi connectivity index (χ3v) is 4.66. The predicted molar refractivity (Wildman–Crippen MR) is 111 cm³/mol. The van der Waals surface area contributed by atoms with E-state index in [1.54, 1.807) is 0 Å². The van der Waals surface area contributed by atoms with Gasteiger partial charge in [0.25, 0.3) is 0 Å². The molecule has 0 spiro atoms. The standard InChI is InChI=1S/C22H38.2Na.H2O4S/c1-2-3-4-5-6-7-8-9-10-11-12-13-14-16-19-22-20-17-15-18-21-22;;;1-5(2,3)4/h15,17-18,20-21H,2-14,16,19H2,1H3;;;(H2,1,2,3,4)/q;2*+1;/p-2. The molecule has 1 aromatic rings. The molecule has 0 saturated carbocycles. The van der Waals surface area contributed by atoms with Crippen LogP contribution in [0.15, 0.2) is 30.3 Å². The predicted octanol–water partition coefficient (Wildman–Crippen LogP) is 0.380. The van der Waals surface area contributed by atoms with Gasteiger partial charge in [-0.15, -0.1) is 0 Å². The zero-order chi connectivity index (χ0) is 20.2. The van der Waals surface area contributed by atoms with Gasteiger partial charge >= 0.3 is 59.1 Å². The van der Waals surface area contributed by atoms with E-state index in [0.717, 1.165) is 0 Å². The molecular formula is C22H38Na2O4S. The molecule has 0 aliphatic carbocycles. The number of hydrogen-bond donors (Lipinski definition) is 0. The Balaban J connectivity index is -0.000000860. The summed E-state index contributed by atoms with van der Waals surface area (Å²) in [5.74, 6) is 0. The Morgan fingerprint density at radius 1 is 0.621 bits per heavy atom. The second-order valence-electron chi connectivity index (χ2n) is 7.24. The van der Waals surface area contributed by atoms with E-state index in [1.807, 2.05) is 0 Å². The summed E-state index contributed by atoms with van der Waals surface area (Å²) in [6, 6.07) is 10.9. The fraction of sp³-hybridized carbons (Fsp3) is 0.727. The Morgan fingerprint density at radius 2 is 0.931 bits per heavy atom. The van der Waals surface area contributed by atoms with E-state index in [2.05, 4.69) is 37.3 Å². The third kappa shape index (κ3) is 33.9. The van der Waals surface area contributed by atoms with E-state index in [-0.39, 0.29) is 59.1 Å². The number of unbranched alkanes of at least 4 members (excludes halogenated alkanes) is 13. The Hall–Kier alpha value is 1.09. The van der Waals surface area contributed by atoms with Crippen LogP contribution in [-0.4, -0.2) is 17.5 Å². The van der Waals surface area contributed by atoms with E-state index >= 15 is 0 Å². The molecule has 0 fully saturated rings. The maximum atomic E-state index is 8.52. The van der Waals surface area contributed by atoms with Gasteiger partial charge in [0.1, 0.15) is 0 Å². The van der Waals surface area contributed by atoms with Gasteiger partial charge in [0, 0.05) is 10.4 Å². The van der Waals surface area contributed by atoms with Gasteiger partial charge in [-0.2, -0.15) is 0 Å². The van der Waals surface area contributed by atoms with Crippen molar-refractivity contribution in [1.29, 1.82) is 0 Å². The van der Waals surface area contributed by atoms with Crippen LogP contribution >= 0.6 is 0 Å². The van der Waals surface area contributed by atoms with Gasteiger partial charge < -0.3 is 9.11 Å². The largest absolute Gasteiger partial charge is 1.00 e. The van der Waals surface area contributed by atoms with E-state index < -0.39 is 10.4 Å². The molecule has 0 heterocycles. The average Bonchev–Trinajstić information content (AvgIpc) is 2.61. The van der Waals surface area contributed by atoms with Crippen LogP contribution in [0.5, 0.6) is 0 Å².